The molecule has 0 N–H and O–H groups in total. The first-order chi connectivity index (χ1) is 6.86. The number of ether oxygens (including phenoxy) is 2. The molecule has 0 aromatic carbocycles. The Morgan fingerprint density at radius 3 is 2.93 bits per heavy atom. The number of rotatable bonds is 3. The minimum absolute atomic E-state index is 0.446. The van der Waals surface area contributed by atoms with Crippen LogP contribution in [0.5, 0.6) is 0 Å². The number of thiophene rings is 1. The largest absolute Gasteiger partial charge is 0.383 e. The molecule has 2 rings (SSSR count). The molecule has 14 heavy (non-hydrogen) atoms. The van der Waals surface area contributed by atoms with E-state index < -0.39 is 12.4 Å². The Kier molecular flexibility index (Phi) is 3.10. The Morgan fingerprint density at radius 1 is 1.50 bits per heavy atom. The molecule has 1 aliphatic rings. The van der Waals surface area contributed by atoms with E-state index >= 15 is 0 Å². The minimum atomic E-state index is -0.890. The van der Waals surface area contributed by atoms with Gasteiger partial charge in [0.2, 0.25) is 0 Å². The van der Waals surface area contributed by atoms with Gasteiger partial charge in [0.1, 0.15) is 4.88 Å². The van der Waals surface area contributed by atoms with Crippen molar-refractivity contribution in [3.05, 3.63) is 22.4 Å². The van der Waals surface area contributed by atoms with Gasteiger partial charge in [0, 0.05) is 0 Å². The smallest absolute Gasteiger partial charge is 0.325 e. The van der Waals surface area contributed by atoms with E-state index in [-0.39, 0.29) is 0 Å². The van der Waals surface area contributed by atoms with Gasteiger partial charge >= 0.3 is 12.4 Å². The lowest BCUT2D eigenvalue weighted by Crippen LogP contribution is -2.16. The molecule has 0 saturated carbocycles. The molecule has 1 fully saturated rings. The van der Waals surface area contributed by atoms with E-state index in [1.54, 1.807) is 17.5 Å². The molecular formula is C8H8O5S. The summed E-state index contributed by atoms with van der Waals surface area (Å²) in [5.74, 6) is -0.543. The van der Waals surface area contributed by atoms with Crippen LogP contribution in [0.25, 0.3) is 0 Å². The molecule has 1 aliphatic heterocycles. The summed E-state index contributed by atoms with van der Waals surface area (Å²) in [6.07, 6.45) is 0. The molecule has 6 heteroatoms. The summed E-state index contributed by atoms with van der Waals surface area (Å²) in [4.78, 5) is 20.8. The van der Waals surface area contributed by atoms with Crippen molar-refractivity contribution in [1.29, 1.82) is 0 Å². The lowest BCUT2D eigenvalue weighted by atomic mass is 10.5. The molecule has 0 radical (unpaired) electrons. The fraction of sp³-hybridized carbons (Fsp3) is 0.375. The standard InChI is InChI=1S/C8H8O5S/c9-7(6-2-1-5-14-6)12-13-8-10-3-4-11-8/h1-2,5,8H,3-4H2. The van der Waals surface area contributed by atoms with E-state index in [1.807, 2.05) is 0 Å². The van der Waals surface area contributed by atoms with Gasteiger partial charge in [-0.25, -0.2) is 4.79 Å². The molecule has 1 aromatic heterocycles. The SMILES string of the molecule is O=C(OOC1OCCO1)c1cccs1. The topological polar surface area (TPSA) is 54.0 Å². The van der Waals surface area contributed by atoms with Crippen LogP contribution in [0.4, 0.5) is 0 Å². The summed E-state index contributed by atoms with van der Waals surface area (Å²) in [6, 6.07) is 3.40. The van der Waals surface area contributed by atoms with Gasteiger partial charge in [-0.2, -0.15) is 0 Å². The van der Waals surface area contributed by atoms with Crippen molar-refractivity contribution in [3.8, 4) is 0 Å². The first-order valence-corrected chi connectivity index (χ1v) is 4.88. The average molecular weight is 216 g/mol. The summed E-state index contributed by atoms with van der Waals surface area (Å²) < 4.78 is 9.80. The first kappa shape index (κ1) is 9.60. The Bertz CT molecular complexity index is 291. The highest BCUT2D eigenvalue weighted by Gasteiger charge is 2.20. The van der Waals surface area contributed by atoms with Crippen LogP contribution in [-0.4, -0.2) is 25.7 Å². The summed E-state index contributed by atoms with van der Waals surface area (Å²) >= 11 is 1.28. The maximum Gasteiger partial charge on any atom is 0.383 e. The summed E-state index contributed by atoms with van der Waals surface area (Å²) in [5, 5.41) is 1.78. The maximum absolute atomic E-state index is 11.2. The molecule has 5 nitrogen and oxygen atoms in total. The van der Waals surface area contributed by atoms with Gasteiger partial charge in [0.25, 0.3) is 0 Å². The summed E-state index contributed by atoms with van der Waals surface area (Å²) in [5.41, 5.74) is 0. The van der Waals surface area contributed by atoms with Gasteiger partial charge in [0.15, 0.2) is 0 Å². The second-order valence-corrected chi connectivity index (χ2v) is 3.42. The quantitative estimate of drug-likeness (QED) is 0.560. The first-order valence-electron chi connectivity index (χ1n) is 4.00. The van der Waals surface area contributed by atoms with Crippen molar-refractivity contribution in [2.45, 2.75) is 6.48 Å². The van der Waals surface area contributed by atoms with Crippen molar-refractivity contribution in [1.82, 2.24) is 0 Å². The Balaban J connectivity index is 1.78. The third-order valence-electron chi connectivity index (χ3n) is 1.52. The zero-order valence-corrected chi connectivity index (χ0v) is 7.99. The molecule has 0 bridgehead atoms. The van der Waals surface area contributed by atoms with Gasteiger partial charge < -0.3 is 9.47 Å². The van der Waals surface area contributed by atoms with Crippen LogP contribution in [-0.2, 0) is 19.2 Å². The van der Waals surface area contributed by atoms with Crippen LogP contribution in [0.3, 0.4) is 0 Å². The van der Waals surface area contributed by atoms with Crippen molar-refractivity contribution in [3.63, 3.8) is 0 Å². The molecular weight excluding hydrogens is 208 g/mol. The van der Waals surface area contributed by atoms with E-state index in [1.165, 1.54) is 11.3 Å². The Labute approximate surface area is 84.1 Å². The van der Waals surface area contributed by atoms with Gasteiger partial charge in [-0.3, -0.25) is 4.89 Å². The third kappa shape index (κ3) is 2.30. The normalized spacial score (nSPS) is 17.1. The molecule has 76 valence electrons. The average Bonchev–Trinajstić information content (AvgIpc) is 2.87. The van der Waals surface area contributed by atoms with Gasteiger partial charge in [-0.1, -0.05) is 6.07 Å². The monoisotopic (exact) mass is 216 g/mol. The molecule has 0 unspecified atom stereocenters. The zero-order valence-electron chi connectivity index (χ0n) is 7.17. The van der Waals surface area contributed by atoms with Crippen LogP contribution in [0.1, 0.15) is 9.67 Å². The van der Waals surface area contributed by atoms with E-state index in [0.29, 0.717) is 18.1 Å². The van der Waals surface area contributed by atoms with E-state index in [4.69, 9.17) is 9.47 Å². The molecule has 0 spiro atoms. The predicted molar refractivity (Wildman–Crippen MR) is 46.5 cm³/mol. The Hall–Kier alpha value is -0.950. The summed E-state index contributed by atoms with van der Waals surface area (Å²) in [6.45, 7) is 0.00141. The highest BCUT2D eigenvalue weighted by atomic mass is 32.1. The van der Waals surface area contributed by atoms with Crippen LogP contribution >= 0.6 is 11.3 Å². The van der Waals surface area contributed by atoms with Crippen LogP contribution in [0.15, 0.2) is 17.5 Å². The van der Waals surface area contributed by atoms with Crippen molar-refractivity contribution in [2.24, 2.45) is 0 Å². The third-order valence-corrected chi connectivity index (χ3v) is 2.37. The fourth-order valence-corrected chi connectivity index (χ4v) is 1.50. The molecule has 0 aliphatic carbocycles. The second-order valence-electron chi connectivity index (χ2n) is 2.47. The molecule has 0 atom stereocenters. The van der Waals surface area contributed by atoms with Crippen LogP contribution in [0, 0.1) is 0 Å². The van der Waals surface area contributed by atoms with Crippen molar-refractivity contribution in [2.75, 3.05) is 13.2 Å². The maximum atomic E-state index is 11.2. The lowest BCUT2D eigenvalue weighted by molar-refractivity contribution is -0.388. The van der Waals surface area contributed by atoms with Gasteiger partial charge in [-0.15, -0.1) is 16.2 Å². The lowest BCUT2D eigenvalue weighted by Gasteiger charge is -2.06. The predicted octanol–water partition coefficient (Wildman–Crippen LogP) is 1.17. The van der Waals surface area contributed by atoms with E-state index in [9.17, 15) is 4.79 Å². The van der Waals surface area contributed by atoms with Gasteiger partial charge in [-0.05, 0) is 11.4 Å². The van der Waals surface area contributed by atoms with E-state index in [2.05, 4.69) is 9.78 Å². The number of carbonyl (C=O) groups is 1. The summed E-state index contributed by atoms with van der Waals surface area (Å²) in [7, 11) is 0. The molecule has 1 saturated heterocycles. The van der Waals surface area contributed by atoms with Crippen LogP contribution in [0.2, 0.25) is 0 Å². The minimum Gasteiger partial charge on any atom is -0.325 e. The van der Waals surface area contributed by atoms with Gasteiger partial charge in [0.05, 0.1) is 13.2 Å². The second kappa shape index (κ2) is 4.52. The van der Waals surface area contributed by atoms with Crippen LogP contribution < -0.4 is 0 Å². The number of carbonyl (C=O) groups excluding carboxylic acids is 1. The Morgan fingerprint density at radius 2 is 2.29 bits per heavy atom. The molecule has 1 aromatic rings. The zero-order chi connectivity index (χ0) is 9.80. The molecule has 0 amide bonds. The molecule has 2 heterocycles. The number of hydrogen-bond acceptors (Lipinski definition) is 6. The highest BCUT2D eigenvalue weighted by molar-refractivity contribution is 7.11. The highest BCUT2D eigenvalue weighted by Crippen LogP contribution is 2.12. The van der Waals surface area contributed by atoms with E-state index in [0.717, 1.165) is 0 Å². The van der Waals surface area contributed by atoms with Crippen molar-refractivity contribution >= 4 is 17.3 Å². The van der Waals surface area contributed by atoms with Crippen molar-refractivity contribution < 1.29 is 24.0 Å². The number of hydrogen-bond donors (Lipinski definition) is 0. The fourth-order valence-electron chi connectivity index (χ4n) is 0.911.